The molecule has 0 fully saturated rings. The minimum absolute atomic E-state index is 0.166. The first-order valence-corrected chi connectivity index (χ1v) is 9.99. The van der Waals surface area contributed by atoms with Crippen LogP contribution >= 0.6 is 0 Å². The topological polar surface area (TPSA) is 49.3 Å². The Labute approximate surface area is 169 Å². The lowest BCUT2D eigenvalue weighted by Crippen LogP contribution is -2.29. The quantitative estimate of drug-likeness (QED) is 0.609. The van der Waals surface area contributed by atoms with Crippen molar-refractivity contribution in [3.05, 3.63) is 83.8 Å². The van der Waals surface area contributed by atoms with Crippen LogP contribution in [0.5, 0.6) is 0 Å². The third-order valence-corrected chi connectivity index (χ3v) is 4.18. The maximum Gasteiger partial charge on any atom is 0.148 e. The smallest absolute Gasteiger partial charge is 0.148 e. The number of nitrogens with one attached hydrogen (secondary N) is 2. The number of fused-ring (bicyclic) bond motifs is 1. The van der Waals surface area contributed by atoms with E-state index in [2.05, 4.69) is 42.1 Å². The summed E-state index contributed by atoms with van der Waals surface area (Å²) in [7, 11) is 0. The zero-order valence-corrected chi connectivity index (χ0v) is 17.5. The molecule has 1 aromatic carbocycles. The van der Waals surface area contributed by atoms with Crippen LogP contribution in [0.25, 0.3) is 0 Å². The summed E-state index contributed by atoms with van der Waals surface area (Å²) in [4.78, 5) is 8.99. The van der Waals surface area contributed by atoms with Gasteiger partial charge in [0.2, 0.25) is 0 Å². The summed E-state index contributed by atoms with van der Waals surface area (Å²) in [5.74, 6) is 0.815. The van der Waals surface area contributed by atoms with Gasteiger partial charge in [-0.25, -0.2) is 4.99 Å². The van der Waals surface area contributed by atoms with E-state index in [1.54, 1.807) is 6.20 Å². The summed E-state index contributed by atoms with van der Waals surface area (Å²) in [5.41, 5.74) is 5.12. The molecule has 1 atom stereocenters. The van der Waals surface area contributed by atoms with E-state index in [0.29, 0.717) is 0 Å². The zero-order chi connectivity index (χ0) is 20.4. The van der Waals surface area contributed by atoms with Crippen LogP contribution in [0.3, 0.4) is 0 Å². The molecule has 1 aromatic heterocycles. The first-order valence-electron chi connectivity index (χ1n) is 9.99. The maximum absolute atomic E-state index is 4.80. The van der Waals surface area contributed by atoms with Crippen LogP contribution in [0.2, 0.25) is 0 Å². The van der Waals surface area contributed by atoms with Crippen LogP contribution in [0.4, 0.5) is 5.69 Å². The predicted octanol–water partition coefficient (Wildman–Crippen LogP) is 6.22. The lowest BCUT2D eigenvalue weighted by molar-refractivity contribution is 0.772. The van der Waals surface area contributed by atoms with Crippen LogP contribution in [0, 0.1) is 0 Å². The Bertz CT molecular complexity index is 816. The maximum atomic E-state index is 4.80. The van der Waals surface area contributed by atoms with Crippen LogP contribution in [0.1, 0.15) is 64.3 Å². The Morgan fingerprint density at radius 3 is 2.50 bits per heavy atom. The number of benzene rings is 1. The Morgan fingerprint density at radius 2 is 1.89 bits per heavy atom. The largest absolute Gasteiger partial charge is 0.359 e. The summed E-state index contributed by atoms with van der Waals surface area (Å²) in [6.07, 6.45) is 9.51. The number of rotatable bonds is 5. The van der Waals surface area contributed by atoms with E-state index in [1.165, 1.54) is 24.8 Å². The normalized spacial score (nSPS) is 14.4. The van der Waals surface area contributed by atoms with Gasteiger partial charge in [-0.15, -0.1) is 0 Å². The number of hydrogen-bond donors (Lipinski definition) is 2. The Hall–Kier alpha value is -2.88. The average molecular weight is 377 g/mol. The van der Waals surface area contributed by atoms with Crippen molar-refractivity contribution in [3.8, 4) is 0 Å². The molecule has 2 N–H and O–H groups in total. The van der Waals surface area contributed by atoms with Gasteiger partial charge in [0.05, 0.1) is 0 Å². The highest BCUT2D eigenvalue weighted by Gasteiger charge is 2.21. The van der Waals surface area contributed by atoms with E-state index in [1.807, 2.05) is 56.5 Å². The minimum atomic E-state index is -0.166. The molecule has 1 aliphatic heterocycles. The van der Waals surface area contributed by atoms with E-state index in [4.69, 9.17) is 4.99 Å². The molecular weight excluding hydrogens is 344 g/mol. The van der Waals surface area contributed by atoms with Crippen molar-refractivity contribution in [3.63, 3.8) is 0 Å². The number of unbranched alkanes of at least 4 members (excludes halogenated alkanes) is 2. The minimum Gasteiger partial charge on any atom is -0.359 e. The molecule has 148 valence electrons. The highest BCUT2D eigenvalue weighted by atomic mass is 15.2. The lowest BCUT2D eigenvalue weighted by Gasteiger charge is -2.26. The van der Waals surface area contributed by atoms with Crippen LogP contribution < -0.4 is 10.6 Å². The molecule has 0 aliphatic carbocycles. The summed E-state index contributed by atoms with van der Waals surface area (Å²) in [6.45, 7) is 12.6. The fourth-order valence-electron chi connectivity index (χ4n) is 2.88. The summed E-state index contributed by atoms with van der Waals surface area (Å²) in [6, 6.07) is 12.1. The van der Waals surface area contributed by atoms with Gasteiger partial charge in [-0.1, -0.05) is 63.5 Å². The predicted molar refractivity (Wildman–Crippen MR) is 120 cm³/mol. The van der Waals surface area contributed by atoms with Gasteiger partial charge in [-0.2, -0.15) is 0 Å². The molecule has 1 unspecified atom stereocenters. The molecule has 0 saturated carbocycles. The molecule has 0 spiro atoms. The molecule has 0 radical (unpaired) electrons. The number of hydrogen-bond acceptors (Lipinski definition) is 4. The van der Waals surface area contributed by atoms with Crippen molar-refractivity contribution in [2.45, 2.75) is 53.1 Å². The number of aliphatic imine (C=N–C) groups is 1. The molecule has 3 rings (SSSR count). The van der Waals surface area contributed by atoms with E-state index < -0.39 is 0 Å². The summed E-state index contributed by atoms with van der Waals surface area (Å²) in [5, 5.41) is 6.77. The summed E-state index contributed by atoms with van der Waals surface area (Å²) < 4.78 is 0. The number of amidine groups is 1. The molecular formula is C24H32N4. The number of para-hydroxylation sites is 1. The second-order valence-electron chi connectivity index (χ2n) is 7.08. The molecule has 2 aromatic rings. The van der Waals surface area contributed by atoms with Crippen molar-refractivity contribution < 1.29 is 0 Å². The first-order chi connectivity index (χ1) is 13.5. The van der Waals surface area contributed by atoms with Crippen molar-refractivity contribution >= 4 is 11.5 Å². The molecule has 2 heterocycles. The highest BCUT2D eigenvalue weighted by Crippen LogP contribution is 2.28. The van der Waals surface area contributed by atoms with E-state index in [0.717, 1.165) is 28.3 Å². The van der Waals surface area contributed by atoms with E-state index >= 15 is 0 Å². The monoisotopic (exact) mass is 376 g/mol. The van der Waals surface area contributed by atoms with Gasteiger partial charge >= 0.3 is 0 Å². The molecule has 0 saturated heterocycles. The Morgan fingerprint density at radius 1 is 1.14 bits per heavy atom. The zero-order valence-electron chi connectivity index (χ0n) is 17.5. The number of nitrogens with zero attached hydrogens (tertiary/aromatic N) is 2. The second kappa shape index (κ2) is 11.1. The molecule has 1 aliphatic rings. The first kappa shape index (κ1) is 21.4. The lowest BCUT2D eigenvalue weighted by atomic mass is 10.1. The molecule has 0 amide bonds. The van der Waals surface area contributed by atoms with Crippen LogP contribution in [-0.4, -0.2) is 10.8 Å². The van der Waals surface area contributed by atoms with Crippen molar-refractivity contribution in [1.29, 1.82) is 0 Å². The molecule has 0 bridgehead atoms. The van der Waals surface area contributed by atoms with Crippen molar-refractivity contribution in [1.82, 2.24) is 10.3 Å². The van der Waals surface area contributed by atoms with Gasteiger partial charge in [-0.05, 0) is 38.1 Å². The SMILES string of the molecule is C=C(C=C(C)C)NC1=NC(c2cccnc2)Nc2ccccc21.CCCCC. The molecule has 28 heavy (non-hydrogen) atoms. The molecule has 4 nitrogen and oxygen atoms in total. The van der Waals surface area contributed by atoms with Gasteiger partial charge in [0.15, 0.2) is 0 Å². The average Bonchev–Trinajstić information content (AvgIpc) is 2.69. The fourth-order valence-corrected chi connectivity index (χ4v) is 2.88. The Kier molecular flexibility index (Phi) is 8.47. The highest BCUT2D eigenvalue weighted by molar-refractivity contribution is 6.05. The summed E-state index contributed by atoms with van der Waals surface area (Å²) >= 11 is 0. The van der Waals surface area contributed by atoms with Gasteiger partial charge in [0, 0.05) is 34.9 Å². The number of allylic oxidation sites excluding steroid dienone is 2. The number of pyridine rings is 1. The van der Waals surface area contributed by atoms with E-state index in [9.17, 15) is 0 Å². The van der Waals surface area contributed by atoms with E-state index in [-0.39, 0.29) is 6.17 Å². The van der Waals surface area contributed by atoms with Crippen molar-refractivity contribution in [2.24, 2.45) is 4.99 Å². The van der Waals surface area contributed by atoms with Gasteiger partial charge < -0.3 is 10.6 Å². The van der Waals surface area contributed by atoms with Gasteiger partial charge in [0.1, 0.15) is 12.0 Å². The van der Waals surface area contributed by atoms with Crippen LogP contribution in [0.15, 0.2) is 77.7 Å². The number of aromatic nitrogens is 1. The standard InChI is InChI=1S/C19H20N4.C5H12/c1-13(2)11-14(3)21-19-16-8-4-5-9-17(16)22-18(23-19)15-7-6-10-20-12-15;1-3-5-4-2/h4-12,18,22H,3H2,1-2H3,(H,21,23);3-5H2,1-2H3. The Balaban J connectivity index is 0.000000500. The number of anilines is 1. The fraction of sp³-hybridized carbons (Fsp3) is 0.333. The van der Waals surface area contributed by atoms with Crippen LogP contribution in [-0.2, 0) is 0 Å². The van der Waals surface area contributed by atoms with Crippen molar-refractivity contribution in [2.75, 3.05) is 5.32 Å². The second-order valence-corrected chi connectivity index (χ2v) is 7.08. The third kappa shape index (κ3) is 6.38. The molecule has 4 heteroatoms. The van der Waals surface area contributed by atoms with Gasteiger partial charge in [0.25, 0.3) is 0 Å². The van der Waals surface area contributed by atoms with Gasteiger partial charge in [-0.3, -0.25) is 4.98 Å². The third-order valence-electron chi connectivity index (χ3n) is 4.18.